The van der Waals surface area contributed by atoms with Gasteiger partial charge in [-0.1, -0.05) is 24.3 Å². The van der Waals surface area contributed by atoms with Gasteiger partial charge in [-0.25, -0.2) is 5.01 Å². The van der Waals surface area contributed by atoms with Crippen molar-refractivity contribution in [1.29, 1.82) is 0 Å². The Labute approximate surface area is 176 Å². The molecule has 2 aliphatic heterocycles. The summed E-state index contributed by atoms with van der Waals surface area (Å²) in [6.07, 6.45) is 0.673. The highest BCUT2D eigenvalue weighted by Gasteiger charge is 2.30. The van der Waals surface area contributed by atoms with Crippen LogP contribution in [0.4, 0.5) is 11.4 Å². The molecule has 4 rings (SSSR count). The number of hydrazone groups is 1. The van der Waals surface area contributed by atoms with Crippen LogP contribution in [0.5, 0.6) is 5.75 Å². The van der Waals surface area contributed by atoms with Crippen molar-refractivity contribution in [3.63, 3.8) is 0 Å². The van der Waals surface area contributed by atoms with Crippen LogP contribution in [-0.4, -0.2) is 55.7 Å². The maximum absolute atomic E-state index is 13.1. The van der Waals surface area contributed by atoms with Crippen LogP contribution in [0.1, 0.15) is 18.4 Å². The third kappa shape index (κ3) is 4.01. The van der Waals surface area contributed by atoms with E-state index in [0.717, 1.165) is 30.1 Å². The van der Waals surface area contributed by atoms with Crippen LogP contribution in [0, 0.1) is 6.92 Å². The zero-order valence-corrected chi connectivity index (χ0v) is 17.4. The zero-order chi connectivity index (χ0) is 21.1. The predicted octanol–water partition coefficient (Wildman–Crippen LogP) is 2.84. The van der Waals surface area contributed by atoms with Crippen molar-refractivity contribution in [3.8, 4) is 5.75 Å². The monoisotopic (exact) mass is 406 g/mol. The van der Waals surface area contributed by atoms with E-state index in [0.29, 0.717) is 37.3 Å². The standard InChI is InChI=1S/C23H26N4O3/c1-17-6-5-7-18(16-17)27-22(28)11-10-19(24-27)23(29)26-14-12-25(13-15-26)20-8-3-4-9-21(20)30-2/h3-9,16H,10-15H2,1-2H3. The molecule has 2 aromatic rings. The lowest BCUT2D eigenvalue weighted by molar-refractivity contribution is -0.124. The number of piperazine rings is 1. The van der Waals surface area contributed by atoms with Gasteiger partial charge in [0.25, 0.3) is 5.91 Å². The Morgan fingerprint density at radius 2 is 1.77 bits per heavy atom. The molecule has 0 radical (unpaired) electrons. The first-order valence-electron chi connectivity index (χ1n) is 10.2. The minimum Gasteiger partial charge on any atom is -0.495 e. The predicted molar refractivity (Wildman–Crippen MR) is 117 cm³/mol. The molecule has 0 atom stereocenters. The molecule has 1 fully saturated rings. The van der Waals surface area contributed by atoms with Gasteiger partial charge in [0.05, 0.1) is 18.5 Å². The summed E-state index contributed by atoms with van der Waals surface area (Å²) < 4.78 is 5.46. The van der Waals surface area contributed by atoms with Crippen LogP contribution in [0.25, 0.3) is 0 Å². The Morgan fingerprint density at radius 3 is 2.50 bits per heavy atom. The van der Waals surface area contributed by atoms with Crippen molar-refractivity contribution < 1.29 is 14.3 Å². The lowest BCUT2D eigenvalue weighted by Gasteiger charge is -2.37. The quantitative estimate of drug-likeness (QED) is 0.783. The van der Waals surface area contributed by atoms with Gasteiger partial charge in [0.15, 0.2) is 0 Å². The van der Waals surface area contributed by atoms with Gasteiger partial charge in [-0.2, -0.15) is 5.10 Å². The van der Waals surface area contributed by atoms with Gasteiger partial charge in [0, 0.05) is 39.0 Å². The molecule has 0 unspecified atom stereocenters. The van der Waals surface area contributed by atoms with E-state index in [1.165, 1.54) is 5.01 Å². The number of methoxy groups -OCH3 is 1. The highest BCUT2D eigenvalue weighted by atomic mass is 16.5. The fourth-order valence-corrected chi connectivity index (χ4v) is 3.89. The van der Waals surface area contributed by atoms with Gasteiger partial charge in [0.1, 0.15) is 11.5 Å². The summed E-state index contributed by atoms with van der Waals surface area (Å²) in [6.45, 7) is 4.62. The number of amides is 2. The van der Waals surface area contributed by atoms with Crippen LogP contribution < -0.4 is 14.6 Å². The van der Waals surface area contributed by atoms with Gasteiger partial charge < -0.3 is 14.5 Å². The number of anilines is 2. The Hall–Kier alpha value is -3.35. The second kappa shape index (κ2) is 8.57. The van der Waals surface area contributed by atoms with E-state index < -0.39 is 0 Å². The van der Waals surface area contributed by atoms with Crippen molar-refractivity contribution in [1.82, 2.24) is 4.90 Å². The van der Waals surface area contributed by atoms with E-state index in [1.54, 1.807) is 7.11 Å². The minimum absolute atomic E-state index is 0.0835. The molecule has 0 saturated carbocycles. The Morgan fingerprint density at radius 1 is 1.00 bits per heavy atom. The Bertz CT molecular complexity index is 980. The van der Waals surface area contributed by atoms with Gasteiger partial charge in [0.2, 0.25) is 5.91 Å². The molecule has 0 N–H and O–H groups in total. The molecule has 156 valence electrons. The van der Waals surface area contributed by atoms with Crippen LogP contribution in [0.2, 0.25) is 0 Å². The van der Waals surface area contributed by atoms with Gasteiger partial charge in [-0.3, -0.25) is 9.59 Å². The van der Waals surface area contributed by atoms with E-state index in [2.05, 4.69) is 10.0 Å². The summed E-state index contributed by atoms with van der Waals surface area (Å²) in [7, 11) is 1.67. The lowest BCUT2D eigenvalue weighted by Crippen LogP contribution is -2.51. The molecule has 30 heavy (non-hydrogen) atoms. The van der Waals surface area contributed by atoms with E-state index in [1.807, 2.05) is 60.4 Å². The number of nitrogens with zero attached hydrogens (tertiary/aromatic N) is 4. The number of hydrogen-bond donors (Lipinski definition) is 0. The first-order valence-corrected chi connectivity index (χ1v) is 10.2. The highest BCUT2D eigenvalue weighted by Crippen LogP contribution is 2.28. The average Bonchev–Trinajstić information content (AvgIpc) is 2.79. The molecule has 7 nitrogen and oxygen atoms in total. The number of rotatable bonds is 4. The third-order valence-electron chi connectivity index (χ3n) is 5.52. The van der Waals surface area contributed by atoms with Gasteiger partial charge >= 0.3 is 0 Å². The number of para-hydroxylation sites is 2. The fraction of sp³-hybridized carbons (Fsp3) is 0.348. The highest BCUT2D eigenvalue weighted by molar-refractivity contribution is 6.40. The third-order valence-corrected chi connectivity index (χ3v) is 5.52. The summed E-state index contributed by atoms with van der Waals surface area (Å²) in [5.74, 6) is 0.666. The maximum atomic E-state index is 13.1. The van der Waals surface area contributed by atoms with Crippen molar-refractivity contribution in [2.24, 2.45) is 5.10 Å². The number of hydrogen-bond acceptors (Lipinski definition) is 5. The smallest absolute Gasteiger partial charge is 0.270 e. The van der Waals surface area contributed by atoms with Crippen LogP contribution in [-0.2, 0) is 9.59 Å². The summed E-state index contributed by atoms with van der Waals surface area (Å²) in [4.78, 5) is 29.5. The molecule has 2 amide bonds. The zero-order valence-electron chi connectivity index (χ0n) is 17.4. The normalized spacial score (nSPS) is 17.1. The van der Waals surface area contributed by atoms with Crippen molar-refractivity contribution >= 4 is 28.9 Å². The molecule has 7 heteroatoms. The molecular weight excluding hydrogens is 380 g/mol. The first-order chi connectivity index (χ1) is 14.6. The molecule has 0 aromatic heterocycles. The van der Waals surface area contributed by atoms with E-state index in [4.69, 9.17) is 4.74 Å². The van der Waals surface area contributed by atoms with Crippen LogP contribution in [0.3, 0.4) is 0 Å². The number of aryl methyl sites for hydroxylation is 1. The molecule has 0 aliphatic carbocycles. The van der Waals surface area contributed by atoms with Crippen LogP contribution >= 0.6 is 0 Å². The fourth-order valence-electron chi connectivity index (χ4n) is 3.89. The van der Waals surface area contributed by atoms with Gasteiger partial charge in [-0.15, -0.1) is 0 Å². The van der Waals surface area contributed by atoms with E-state index in [9.17, 15) is 9.59 Å². The topological polar surface area (TPSA) is 65.5 Å². The summed E-state index contributed by atoms with van der Waals surface area (Å²) in [5, 5.41) is 5.80. The molecule has 0 bridgehead atoms. The minimum atomic E-state index is -0.0851. The number of carbonyl (C=O) groups excluding carboxylic acids is 2. The Balaban J connectivity index is 1.46. The van der Waals surface area contributed by atoms with Crippen molar-refractivity contribution in [3.05, 3.63) is 54.1 Å². The second-order valence-electron chi connectivity index (χ2n) is 7.54. The summed E-state index contributed by atoms with van der Waals surface area (Å²) >= 11 is 0. The number of benzene rings is 2. The molecular formula is C23H26N4O3. The van der Waals surface area contributed by atoms with Crippen molar-refractivity contribution in [2.75, 3.05) is 43.2 Å². The molecule has 2 aliphatic rings. The molecule has 0 spiro atoms. The largest absolute Gasteiger partial charge is 0.495 e. The van der Waals surface area contributed by atoms with E-state index in [-0.39, 0.29) is 11.8 Å². The lowest BCUT2D eigenvalue weighted by atomic mass is 10.1. The number of ether oxygens (including phenoxy) is 1. The second-order valence-corrected chi connectivity index (χ2v) is 7.54. The Kier molecular flexibility index (Phi) is 5.70. The molecule has 2 aromatic carbocycles. The summed E-state index contributed by atoms with van der Waals surface area (Å²) in [5.41, 5.74) is 3.23. The molecule has 1 saturated heterocycles. The van der Waals surface area contributed by atoms with Crippen molar-refractivity contribution in [2.45, 2.75) is 19.8 Å². The number of carbonyl (C=O) groups is 2. The average molecular weight is 406 g/mol. The van der Waals surface area contributed by atoms with Crippen LogP contribution in [0.15, 0.2) is 53.6 Å². The SMILES string of the molecule is COc1ccccc1N1CCN(C(=O)C2=NN(c3cccc(C)c3)C(=O)CC2)CC1. The molecule has 2 heterocycles. The maximum Gasteiger partial charge on any atom is 0.270 e. The first kappa shape index (κ1) is 19.9. The van der Waals surface area contributed by atoms with E-state index >= 15 is 0 Å². The summed E-state index contributed by atoms with van der Waals surface area (Å²) in [6, 6.07) is 15.5. The van der Waals surface area contributed by atoms with Gasteiger partial charge in [-0.05, 0) is 36.8 Å².